The maximum absolute atomic E-state index is 5.24. The van der Waals surface area contributed by atoms with Gasteiger partial charge in [-0.05, 0) is 6.07 Å². The third-order valence-corrected chi connectivity index (χ3v) is 2.86. The van der Waals surface area contributed by atoms with E-state index in [1.807, 2.05) is 26.0 Å². The van der Waals surface area contributed by atoms with Gasteiger partial charge in [0.2, 0.25) is 5.88 Å². The molecule has 0 aromatic carbocycles. The van der Waals surface area contributed by atoms with E-state index in [4.69, 9.17) is 17.0 Å². The summed E-state index contributed by atoms with van der Waals surface area (Å²) in [5.74, 6) is 1.70. The van der Waals surface area contributed by atoms with Gasteiger partial charge in [-0.25, -0.2) is 0 Å². The van der Waals surface area contributed by atoms with E-state index in [1.54, 1.807) is 7.11 Å². The highest BCUT2D eigenvalue weighted by molar-refractivity contribution is 7.80. The molecule has 0 amide bonds. The quantitative estimate of drug-likeness (QED) is 0.754. The highest BCUT2D eigenvalue weighted by Gasteiger charge is 2.17. The third-order valence-electron chi connectivity index (χ3n) is 2.36. The number of pyridine rings is 1. The van der Waals surface area contributed by atoms with Crippen LogP contribution >= 0.6 is 12.2 Å². The number of fused-ring (bicyclic) bond motifs is 1. The summed E-state index contributed by atoms with van der Waals surface area (Å²) >= 11 is 5.24. The first-order valence-electron chi connectivity index (χ1n) is 5.80. The lowest BCUT2D eigenvalue weighted by Crippen LogP contribution is -2.20. The fourth-order valence-electron chi connectivity index (χ4n) is 1.39. The monoisotopic (exact) mass is 253 g/mol. The molecule has 2 N–H and O–H groups in total. The van der Waals surface area contributed by atoms with Crippen molar-refractivity contribution in [1.82, 2.24) is 4.98 Å². The molecular weight excluding hydrogens is 234 g/mol. The summed E-state index contributed by atoms with van der Waals surface area (Å²) < 4.78 is 5.06. The van der Waals surface area contributed by atoms with Crippen LogP contribution in [0.25, 0.3) is 0 Å². The first kappa shape index (κ1) is 13.7. The van der Waals surface area contributed by atoms with Gasteiger partial charge in [0.05, 0.1) is 17.8 Å². The van der Waals surface area contributed by atoms with Gasteiger partial charge in [0, 0.05) is 18.5 Å². The minimum absolute atomic E-state index is 0.306. The van der Waals surface area contributed by atoms with E-state index in [-0.39, 0.29) is 0 Å². The Balaban J connectivity index is 0.000000686. The first-order valence-corrected chi connectivity index (χ1v) is 6.21. The highest BCUT2D eigenvalue weighted by atomic mass is 32.1. The van der Waals surface area contributed by atoms with Crippen LogP contribution < -0.4 is 15.4 Å². The van der Waals surface area contributed by atoms with Crippen molar-refractivity contribution in [3.63, 3.8) is 0 Å². The van der Waals surface area contributed by atoms with Gasteiger partial charge < -0.3 is 15.4 Å². The summed E-state index contributed by atoms with van der Waals surface area (Å²) in [5.41, 5.74) is 0.908. The summed E-state index contributed by atoms with van der Waals surface area (Å²) in [6, 6.07) is 3.73. The van der Waals surface area contributed by atoms with Crippen LogP contribution in [0.4, 0.5) is 11.5 Å². The maximum atomic E-state index is 5.24. The molecule has 2 rings (SSSR count). The Labute approximate surface area is 108 Å². The van der Waals surface area contributed by atoms with E-state index in [1.165, 1.54) is 0 Å². The van der Waals surface area contributed by atoms with Crippen LogP contribution in [0.1, 0.15) is 20.8 Å². The van der Waals surface area contributed by atoms with Crippen molar-refractivity contribution in [2.45, 2.75) is 20.8 Å². The van der Waals surface area contributed by atoms with Crippen molar-refractivity contribution in [3.8, 4) is 5.88 Å². The number of aromatic nitrogens is 1. The standard InChI is InChI=1S/C10H13N3OS.C2H6/c1-6-5-11-9-7(12-10(6)15)3-4-8(13-9)14-2;1-2/h3-4,6H,5H2,1-2H3,(H,11,13)(H,12,15);1-2H3. The van der Waals surface area contributed by atoms with Crippen molar-refractivity contribution in [2.75, 3.05) is 24.3 Å². The van der Waals surface area contributed by atoms with Crippen molar-refractivity contribution < 1.29 is 4.74 Å². The summed E-state index contributed by atoms with van der Waals surface area (Å²) in [6.07, 6.45) is 0. The van der Waals surface area contributed by atoms with Crippen LogP contribution in [0, 0.1) is 5.92 Å². The number of rotatable bonds is 1. The Bertz CT molecular complexity index is 395. The number of hydrogen-bond acceptors (Lipinski definition) is 4. The largest absolute Gasteiger partial charge is 0.481 e. The average molecular weight is 253 g/mol. The molecule has 1 aliphatic heterocycles. The molecule has 0 bridgehead atoms. The number of nitrogens with one attached hydrogen (secondary N) is 2. The lowest BCUT2D eigenvalue weighted by atomic mass is 10.2. The molecule has 5 heteroatoms. The average Bonchev–Trinajstić information content (AvgIpc) is 2.52. The molecule has 17 heavy (non-hydrogen) atoms. The van der Waals surface area contributed by atoms with E-state index < -0.39 is 0 Å². The number of hydrogen-bond donors (Lipinski definition) is 2. The second kappa shape index (κ2) is 6.39. The molecule has 0 spiro atoms. The molecule has 1 atom stereocenters. The van der Waals surface area contributed by atoms with E-state index in [0.717, 1.165) is 23.0 Å². The van der Waals surface area contributed by atoms with Gasteiger partial charge in [-0.1, -0.05) is 33.0 Å². The minimum Gasteiger partial charge on any atom is -0.481 e. The maximum Gasteiger partial charge on any atom is 0.215 e. The first-order chi connectivity index (χ1) is 8.20. The highest BCUT2D eigenvalue weighted by Crippen LogP contribution is 2.26. The van der Waals surface area contributed by atoms with Gasteiger partial charge in [0.1, 0.15) is 0 Å². The fraction of sp³-hybridized carbons (Fsp3) is 0.500. The van der Waals surface area contributed by atoms with Crippen LogP contribution in [0.5, 0.6) is 5.88 Å². The van der Waals surface area contributed by atoms with Crippen molar-refractivity contribution in [3.05, 3.63) is 12.1 Å². The lowest BCUT2D eigenvalue weighted by Gasteiger charge is -2.08. The molecule has 0 aliphatic carbocycles. The van der Waals surface area contributed by atoms with Crippen molar-refractivity contribution >= 4 is 28.7 Å². The van der Waals surface area contributed by atoms with Crippen LogP contribution in [0.15, 0.2) is 12.1 Å². The van der Waals surface area contributed by atoms with Crippen LogP contribution in [-0.2, 0) is 0 Å². The second-order valence-corrected chi connectivity index (χ2v) is 3.96. The van der Waals surface area contributed by atoms with Crippen LogP contribution in [0.3, 0.4) is 0 Å². The fourth-order valence-corrected chi connectivity index (χ4v) is 1.58. The summed E-state index contributed by atoms with van der Waals surface area (Å²) in [7, 11) is 1.60. The molecule has 1 aliphatic rings. The molecule has 0 saturated heterocycles. The summed E-state index contributed by atoms with van der Waals surface area (Å²) in [5, 5.41) is 6.41. The molecular formula is C12H19N3OS. The molecule has 1 unspecified atom stereocenters. The van der Waals surface area contributed by atoms with Gasteiger partial charge in [-0.15, -0.1) is 0 Å². The number of nitrogens with zero attached hydrogens (tertiary/aromatic N) is 1. The zero-order valence-electron chi connectivity index (χ0n) is 10.7. The number of methoxy groups -OCH3 is 1. The van der Waals surface area contributed by atoms with E-state index in [2.05, 4.69) is 22.5 Å². The topological polar surface area (TPSA) is 46.2 Å². The van der Waals surface area contributed by atoms with Gasteiger partial charge in [0.15, 0.2) is 5.82 Å². The molecule has 0 saturated carbocycles. The predicted octanol–water partition coefficient (Wildman–Crippen LogP) is 2.92. The molecule has 1 aromatic rings. The molecule has 0 radical (unpaired) electrons. The minimum atomic E-state index is 0.306. The number of anilines is 2. The van der Waals surface area contributed by atoms with Gasteiger partial charge >= 0.3 is 0 Å². The van der Waals surface area contributed by atoms with Crippen LogP contribution in [-0.4, -0.2) is 23.6 Å². The number of thiocarbonyl (C=S) groups is 1. The second-order valence-electron chi connectivity index (χ2n) is 3.52. The predicted molar refractivity (Wildman–Crippen MR) is 76.0 cm³/mol. The van der Waals surface area contributed by atoms with E-state index in [0.29, 0.717) is 11.8 Å². The molecule has 94 valence electrons. The molecule has 2 heterocycles. The number of ether oxygens (including phenoxy) is 1. The zero-order valence-corrected chi connectivity index (χ0v) is 11.5. The summed E-state index contributed by atoms with van der Waals surface area (Å²) in [4.78, 5) is 5.15. The molecule has 1 aromatic heterocycles. The molecule has 0 fully saturated rings. The smallest absolute Gasteiger partial charge is 0.215 e. The Morgan fingerprint density at radius 1 is 1.41 bits per heavy atom. The van der Waals surface area contributed by atoms with Gasteiger partial charge in [0.25, 0.3) is 0 Å². The van der Waals surface area contributed by atoms with Gasteiger partial charge in [-0.3, -0.25) is 0 Å². The van der Waals surface area contributed by atoms with E-state index >= 15 is 0 Å². The van der Waals surface area contributed by atoms with Crippen molar-refractivity contribution in [1.29, 1.82) is 0 Å². The lowest BCUT2D eigenvalue weighted by molar-refractivity contribution is 0.398. The van der Waals surface area contributed by atoms with Crippen LogP contribution in [0.2, 0.25) is 0 Å². The zero-order chi connectivity index (χ0) is 12.8. The Morgan fingerprint density at radius 3 is 2.76 bits per heavy atom. The Morgan fingerprint density at radius 2 is 2.12 bits per heavy atom. The third kappa shape index (κ3) is 3.30. The van der Waals surface area contributed by atoms with Crippen molar-refractivity contribution in [2.24, 2.45) is 5.92 Å². The van der Waals surface area contributed by atoms with E-state index in [9.17, 15) is 0 Å². The summed E-state index contributed by atoms with van der Waals surface area (Å²) in [6.45, 7) is 6.87. The normalized spacial score (nSPS) is 17.6. The SMILES string of the molecule is CC.COc1ccc2c(n1)NCC(C)C(=S)N2. The Hall–Kier alpha value is -1.36. The Kier molecular flexibility index (Phi) is 5.15. The van der Waals surface area contributed by atoms with Gasteiger partial charge in [-0.2, -0.15) is 4.98 Å². The molecule has 4 nitrogen and oxygen atoms in total.